The van der Waals surface area contributed by atoms with Gasteiger partial charge < -0.3 is 20.3 Å². The number of carbonyl (C=O) groups excluding carboxylic acids is 2. The number of hydrogen-bond donors (Lipinski definition) is 2. The SMILES string of the molecule is COCCN(Cc1nc(C(=O)NCc2ccccn2)cs1)C(=O)Nc1ccc(C(C)C)cc1. The van der Waals surface area contributed by atoms with Crippen molar-refractivity contribution in [1.82, 2.24) is 20.2 Å². The van der Waals surface area contributed by atoms with E-state index in [0.29, 0.717) is 36.3 Å². The van der Waals surface area contributed by atoms with Crippen LogP contribution >= 0.6 is 11.3 Å². The van der Waals surface area contributed by atoms with Crippen LogP contribution in [0.15, 0.2) is 54.0 Å². The lowest BCUT2D eigenvalue weighted by Crippen LogP contribution is -2.36. The molecular formula is C24H29N5O3S. The largest absolute Gasteiger partial charge is 0.383 e. The Morgan fingerprint density at radius 3 is 2.61 bits per heavy atom. The predicted molar refractivity (Wildman–Crippen MR) is 129 cm³/mol. The molecule has 9 heteroatoms. The normalized spacial score (nSPS) is 10.8. The van der Waals surface area contributed by atoms with Gasteiger partial charge in [-0.25, -0.2) is 9.78 Å². The quantitative estimate of drug-likeness (QED) is 0.464. The van der Waals surface area contributed by atoms with Crippen LogP contribution < -0.4 is 10.6 Å². The Labute approximate surface area is 198 Å². The van der Waals surface area contributed by atoms with Gasteiger partial charge in [0, 0.05) is 30.9 Å². The number of rotatable bonds is 10. The van der Waals surface area contributed by atoms with E-state index in [2.05, 4.69) is 34.4 Å². The molecule has 0 aliphatic carbocycles. The number of thiazole rings is 1. The molecule has 2 heterocycles. The van der Waals surface area contributed by atoms with E-state index < -0.39 is 0 Å². The summed E-state index contributed by atoms with van der Waals surface area (Å²) in [5.74, 6) is 0.148. The molecule has 174 valence electrons. The molecule has 8 nitrogen and oxygen atoms in total. The fourth-order valence-corrected chi connectivity index (χ4v) is 3.81. The molecule has 0 bridgehead atoms. The van der Waals surface area contributed by atoms with Gasteiger partial charge in [-0.2, -0.15) is 0 Å². The lowest BCUT2D eigenvalue weighted by Gasteiger charge is -2.22. The Bertz CT molecular complexity index is 1040. The third kappa shape index (κ3) is 7.37. The van der Waals surface area contributed by atoms with Gasteiger partial charge in [0.2, 0.25) is 0 Å². The van der Waals surface area contributed by atoms with E-state index in [1.165, 1.54) is 16.9 Å². The van der Waals surface area contributed by atoms with E-state index in [0.717, 1.165) is 11.4 Å². The lowest BCUT2D eigenvalue weighted by molar-refractivity contribution is 0.0945. The zero-order valence-electron chi connectivity index (χ0n) is 19.1. The number of anilines is 1. The molecular weight excluding hydrogens is 438 g/mol. The van der Waals surface area contributed by atoms with Crippen LogP contribution in [0.3, 0.4) is 0 Å². The van der Waals surface area contributed by atoms with Gasteiger partial charge in [-0.15, -0.1) is 11.3 Å². The average molecular weight is 468 g/mol. The smallest absolute Gasteiger partial charge is 0.322 e. The first-order valence-corrected chi connectivity index (χ1v) is 11.6. The highest BCUT2D eigenvalue weighted by Crippen LogP contribution is 2.18. The Morgan fingerprint density at radius 2 is 1.94 bits per heavy atom. The fraction of sp³-hybridized carbons (Fsp3) is 0.333. The Kier molecular flexibility index (Phi) is 8.91. The molecule has 0 atom stereocenters. The van der Waals surface area contributed by atoms with Gasteiger partial charge in [-0.05, 0) is 35.7 Å². The summed E-state index contributed by atoms with van der Waals surface area (Å²) in [6.07, 6.45) is 1.68. The monoisotopic (exact) mass is 467 g/mol. The maximum atomic E-state index is 12.9. The Balaban J connectivity index is 1.60. The van der Waals surface area contributed by atoms with E-state index in [1.54, 1.807) is 23.6 Å². The van der Waals surface area contributed by atoms with Crippen molar-refractivity contribution in [2.45, 2.75) is 32.9 Å². The number of nitrogens with zero attached hydrogens (tertiary/aromatic N) is 3. The first-order valence-electron chi connectivity index (χ1n) is 10.7. The molecule has 3 rings (SSSR count). The first-order chi connectivity index (χ1) is 16.0. The van der Waals surface area contributed by atoms with Crippen molar-refractivity contribution in [3.05, 3.63) is 76.0 Å². The highest BCUT2D eigenvalue weighted by molar-refractivity contribution is 7.09. The van der Waals surface area contributed by atoms with E-state index in [1.807, 2.05) is 42.5 Å². The van der Waals surface area contributed by atoms with Crippen LogP contribution in [-0.4, -0.2) is 47.1 Å². The number of ether oxygens (including phenoxy) is 1. The molecule has 0 saturated carbocycles. The maximum absolute atomic E-state index is 12.9. The second-order valence-corrected chi connectivity index (χ2v) is 8.69. The summed E-state index contributed by atoms with van der Waals surface area (Å²) >= 11 is 1.34. The van der Waals surface area contributed by atoms with Crippen molar-refractivity contribution in [3.63, 3.8) is 0 Å². The van der Waals surface area contributed by atoms with Gasteiger partial charge in [0.05, 0.1) is 25.4 Å². The zero-order chi connectivity index (χ0) is 23.6. The third-order valence-electron chi connectivity index (χ3n) is 4.95. The van der Waals surface area contributed by atoms with Crippen LogP contribution in [0.1, 0.15) is 46.5 Å². The van der Waals surface area contributed by atoms with Gasteiger partial charge in [0.25, 0.3) is 5.91 Å². The molecule has 0 saturated heterocycles. The number of pyridine rings is 1. The van der Waals surface area contributed by atoms with Gasteiger partial charge in [0.15, 0.2) is 0 Å². The van der Waals surface area contributed by atoms with E-state index in [-0.39, 0.29) is 18.5 Å². The van der Waals surface area contributed by atoms with Crippen molar-refractivity contribution in [2.24, 2.45) is 0 Å². The summed E-state index contributed by atoms with van der Waals surface area (Å²) in [6.45, 7) is 5.64. The van der Waals surface area contributed by atoms with E-state index >= 15 is 0 Å². The topological polar surface area (TPSA) is 96.4 Å². The number of benzene rings is 1. The summed E-state index contributed by atoms with van der Waals surface area (Å²) in [5.41, 5.74) is 3.02. The van der Waals surface area contributed by atoms with Crippen LogP contribution in [0.25, 0.3) is 0 Å². The molecule has 0 aliphatic rings. The molecule has 3 aromatic rings. The van der Waals surface area contributed by atoms with Gasteiger partial charge >= 0.3 is 6.03 Å². The van der Waals surface area contributed by atoms with Crippen molar-refractivity contribution in [2.75, 3.05) is 25.6 Å². The third-order valence-corrected chi connectivity index (χ3v) is 5.78. The summed E-state index contributed by atoms with van der Waals surface area (Å²) in [4.78, 5) is 35.5. The molecule has 0 fully saturated rings. The predicted octanol–water partition coefficient (Wildman–Crippen LogP) is 4.27. The van der Waals surface area contributed by atoms with Crippen LogP contribution in [0.5, 0.6) is 0 Å². The molecule has 0 unspecified atom stereocenters. The molecule has 0 spiro atoms. The van der Waals surface area contributed by atoms with Crippen molar-refractivity contribution < 1.29 is 14.3 Å². The van der Waals surface area contributed by atoms with Crippen molar-refractivity contribution in [1.29, 1.82) is 0 Å². The molecule has 0 aliphatic heterocycles. The van der Waals surface area contributed by atoms with Gasteiger partial charge in [-0.1, -0.05) is 32.0 Å². The lowest BCUT2D eigenvalue weighted by atomic mass is 10.0. The first kappa shape index (κ1) is 24.3. The zero-order valence-corrected chi connectivity index (χ0v) is 19.9. The summed E-state index contributed by atoms with van der Waals surface area (Å²) in [7, 11) is 1.59. The van der Waals surface area contributed by atoms with Crippen molar-refractivity contribution in [3.8, 4) is 0 Å². The number of urea groups is 1. The number of methoxy groups -OCH3 is 1. The highest BCUT2D eigenvalue weighted by atomic mass is 32.1. The number of aromatic nitrogens is 2. The Hall–Kier alpha value is -3.30. The molecule has 0 radical (unpaired) electrons. The van der Waals surface area contributed by atoms with Crippen LogP contribution in [0, 0.1) is 0 Å². The minimum absolute atomic E-state index is 0.249. The molecule has 3 amide bonds. The summed E-state index contributed by atoms with van der Waals surface area (Å²) in [6, 6.07) is 13.1. The summed E-state index contributed by atoms with van der Waals surface area (Å²) < 4.78 is 5.16. The molecule has 33 heavy (non-hydrogen) atoms. The fourth-order valence-electron chi connectivity index (χ4n) is 3.02. The second kappa shape index (κ2) is 12.1. The van der Waals surface area contributed by atoms with Crippen molar-refractivity contribution >= 4 is 29.0 Å². The number of carbonyl (C=O) groups is 2. The number of amides is 3. The van der Waals surface area contributed by atoms with Crippen LogP contribution in [-0.2, 0) is 17.8 Å². The second-order valence-electron chi connectivity index (χ2n) is 7.75. The summed E-state index contributed by atoms with van der Waals surface area (Å²) in [5, 5.41) is 8.10. The number of nitrogens with one attached hydrogen (secondary N) is 2. The number of hydrogen-bond acceptors (Lipinski definition) is 6. The van der Waals surface area contributed by atoms with Crippen LogP contribution in [0.2, 0.25) is 0 Å². The van der Waals surface area contributed by atoms with E-state index in [9.17, 15) is 9.59 Å². The highest BCUT2D eigenvalue weighted by Gasteiger charge is 2.18. The minimum atomic E-state index is -0.277. The average Bonchev–Trinajstić information content (AvgIpc) is 3.30. The molecule has 2 aromatic heterocycles. The Morgan fingerprint density at radius 1 is 1.15 bits per heavy atom. The molecule has 2 N–H and O–H groups in total. The minimum Gasteiger partial charge on any atom is -0.383 e. The molecule has 1 aromatic carbocycles. The van der Waals surface area contributed by atoms with Gasteiger partial charge in [-0.3, -0.25) is 9.78 Å². The maximum Gasteiger partial charge on any atom is 0.322 e. The van der Waals surface area contributed by atoms with Gasteiger partial charge in [0.1, 0.15) is 10.7 Å². The van der Waals surface area contributed by atoms with E-state index in [4.69, 9.17) is 4.74 Å². The standard InChI is InChI=1S/C24H29N5O3S/c1-17(2)18-7-9-19(10-8-18)27-24(31)29(12-13-32-3)15-22-28-21(16-33-22)23(30)26-14-20-6-4-5-11-25-20/h4-11,16-17H,12-15H2,1-3H3,(H,26,30)(H,27,31). The van der Waals surface area contributed by atoms with Crippen LogP contribution in [0.4, 0.5) is 10.5 Å².